The molecule has 15 atom stereocenters. The zero-order valence-electron chi connectivity index (χ0n) is 79.1. The van der Waals surface area contributed by atoms with Crippen LogP contribution in [0.4, 0.5) is 42.1 Å². The second-order valence-corrected chi connectivity index (χ2v) is 51.2. The maximum Gasteiger partial charge on any atom is 0.239 e. The average molecular weight is 2060 g/mol. The van der Waals surface area contributed by atoms with Crippen LogP contribution in [0, 0.1) is 69.3 Å². The summed E-state index contributed by atoms with van der Waals surface area (Å²) in [5.41, 5.74) is 33.4. The Morgan fingerprint density at radius 2 is 0.906 bits per heavy atom. The van der Waals surface area contributed by atoms with Gasteiger partial charge in [0.25, 0.3) is 0 Å². The highest BCUT2D eigenvalue weighted by atomic mass is 35.5. The Hall–Kier alpha value is -11.8. The Labute approximate surface area is 813 Å². The normalized spacial score (nSPS) is 29.6. The number of rotatable bonds is 15. The summed E-state index contributed by atoms with van der Waals surface area (Å²) >= 11 is 7.39. The molecule has 0 saturated heterocycles. The van der Waals surface area contributed by atoms with Gasteiger partial charge < -0.3 is 49.2 Å². The van der Waals surface area contributed by atoms with Crippen LogP contribution >= 0.6 is 22.9 Å². The van der Waals surface area contributed by atoms with Gasteiger partial charge in [0.05, 0.1) is 115 Å². The van der Waals surface area contributed by atoms with Gasteiger partial charge in [-0.05, 0) is 229 Å². The Morgan fingerprint density at radius 1 is 0.478 bits per heavy atom. The molecule has 0 spiro atoms. The van der Waals surface area contributed by atoms with Crippen LogP contribution in [0.2, 0.25) is 5.02 Å². The SMILES string of the molecule is C=S1(=O)C(C)[C@@](C)(c2cccc(-c3cccc(C#N)c3)c2)N=C(N)N1C.C=S1(=O)C[C@@](C)(c2sc(C#N)cc2Cl)N=C(N)N1C.C=S1(=O)[C@H](C)[C@@](C)(c2cc(F)ccc2F)N=C(N)N1C.C=S1(=O)[C@H](CC2CC2)[C@@](C)(c2cc(F)ccc2F)N=C(N)N1C.C=S1(=O)[C@H](CCOC)[C@@](C)(c2cc(F)ccc2F)N=C(N)N1C.COc1ccccc1Nc1ccc(F)c([C@]2(C)CS(=O)(=O)N(C)C(N)=N2)c1. The lowest BCUT2D eigenvalue weighted by atomic mass is 9.85. The van der Waals surface area contributed by atoms with Gasteiger partial charge in [0, 0.05) is 83.9 Å². The van der Waals surface area contributed by atoms with Crippen molar-refractivity contribution < 1.29 is 69.7 Å². The summed E-state index contributed by atoms with van der Waals surface area (Å²) < 4.78 is 206. The molecule has 744 valence electrons. The summed E-state index contributed by atoms with van der Waals surface area (Å²) in [6.07, 6.45) is 3.02. The maximum absolute atomic E-state index is 14.6. The molecule has 1 aliphatic carbocycles. The lowest BCUT2D eigenvalue weighted by Crippen LogP contribution is -2.56. The summed E-state index contributed by atoms with van der Waals surface area (Å²) in [4.78, 5) is 27.5. The number of hydrogen-bond donors (Lipinski definition) is 7. The first-order chi connectivity index (χ1) is 64.0. The number of sulfonamides is 1. The van der Waals surface area contributed by atoms with Gasteiger partial charge in [-0.2, -0.15) is 10.5 Å². The van der Waals surface area contributed by atoms with Crippen molar-refractivity contribution in [3.05, 3.63) is 241 Å². The molecule has 0 bridgehead atoms. The van der Waals surface area contributed by atoms with Gasteiger partial charge >= 0.3 is 0 Å². The number of ether oxygens (including phenoxy) is 2. The first-order valence-corrected chi connectivity index (χ1v) is 54.0. The lowest BCUT2D eigenvalue weighted by Gasteiger charge is -2.44. The number of guanidine groups is 6. The molecule has 0 radical (unpaired) electrons. The minimum atomic E-state index is -3.70. The second kappa shape index (κ2) is 40.6. The van der Waals surface area contributed by atoms with E-state index in [0.29, 0.717) is 56.2 Å². The Balaban J connectivity index is 0.000000172. The summed E-state index contributed by atoms with van der Waals surface area (Å²) in [6.45, 7) is 14.0. The topological polar surface area (TPSA) is 447 Å². The highest BCUT2D eigenvalue weighted by Crippen LogP contribution is 2.49. The number of benzene rings is 7. The number of anilines is 2. The highest BCUT2D eigenvalue weighted by molar-refractivity contribution is 8.00. The van der Waals surface area contributed by atoms with Crippen molar-refractivity contribution in [3.63, 3.8) is 0 Å². The molecule has 6 aliphatic heterocycles. The fraction of sp³-hybridized carbons (Fsp3) is 0.366. The van der Waals surface area contributed by atoms with E-state index in [9.17, 15) is 60.2 Å². The molecule has 13 N–H and O–H groups in total. The zero-order valence-corrected chi connectivity index (χ0v) is 85.6. The number of halogens is 8. The van der Waals surface area contributed by atoms with Gasteiger partial charge in [-0.15, -0.1) is 11.3 Å². The summed E-state index contributed by atoms with van der Waals surface area (Å²) in [7, 11) is -5.05. The number of hydrogen-bond acceptors (Lipinski definition) is 25. The fourth-order valence-electron chi connectivity index (χ4n) is 16.7. The van der Waals surface area contributed by atoms with Crippen molar-refractivity contribution >= 4 is 158 Å². The van der Waals surface area contributed by atoms with E-state index in [2.05, 4.69) is 70.7 Å². The van der Waals surface area contributed by atoms with Gasteiger partial charge in [0.15, 0.2) is 0 Å². The quantitative estimate of drug-likeness (QED) is 0.0370. The first-order valence-electron chi connectivity index (χ1n) is 42.4. The highest BCUT2D eigenvalue weighted by Gasteiger charge is 2.53. The molecular weight excluding hydrogens is 1950 g/mol. The van der Waals surface area contributed by atoms with Crippen molar-refractivity contribution in [3.8, 4) is 29.0 Å². The third-order valence-electron chi connectivity index (χ3n) is 25.9. The smallest absolute Gasteiger partial charge is 0.239 e. The van der Waals surface area contributed by atoms with Gasteiger partial charge in [0.2, 0.25) is 45.8 Å². The molecule has 30 nitrogen and oxygen atoms in total. The number of methoxy groups -OCH3 is 2. The lowest BCUT2D eigenvalue weighted by molar-refractivity contribution is 0.184. The van der Waals surface area contributed by atoms with E-state index in [1.807, 2.05) is 80.6 Å². The van der Waals surface area contributed by atoms with E-state index < -0.39 is 148 Å². The summed E-state index contributed by atoms with van der Waals surface area (Å²) in [6, 6.07) is 42.3. The molecule has 1 saturated carbocycles. The van der Waals surface area contributed by atoms with Crippen LogP contribution in [0.25, 0.3) is 11.1 Å². The molecule has 6 unspecified atom stereocenters. The van der Waals surface area contributed by atoms with Crippen LogP contribution in [-0.4, -0.2) is 216 Å². The third-order valence-corrected chi connectivity index (χ3v) is 42.4. The number of nitrogens with zero attached hydrogens (tertiary/aromatic N) is 14. The van der Waals surface area contributed by atoms with E-state index in [0.717, 1.165) is 88.4 Å². The molecule has 138 heavy (non-hydrogen) atoms. The van der Waals surface area contributed by atoms with Crippen LogP contribution in [0.3, 0.4) is 0 Å². The summed E-state index contributed by atoms with van der Waals surface area (Å²) in [5, 5.41) is 19.5. The van der Waals surface area contributed by atoms with Gasteiger partial charge in [-0.25, -0.2) is 94.5 Å². The largest absolute Gasteiger partial charge is 0.495 e. The Morgan fingerprint density at radius 3 is 1.38 bits per heavy atom. The molecule has 1 aromatic heterocycles. The van der Waals surface area contributed by atoms with E-state index in [1.165, 1.54) is 67.2 Å². The van der Waals surface area contributed by atoms with E-state index in [-0.39, 0.29) is 81.4 Å². The van der Waals surface area contributed by atoms with Gasteiger partial charge in [-0.3, -0.25) is 21.5 Å². The number of aliphatic imine (C=N–C) groups is 6. The fourth-order valence-corrected chi connectivity index (χ4v) is 29.1. The predicted molar refractivity (Wildman–Crippen MR) is 548 cm³/mol. The van der Waals surface area contributed by atoms with Crippen LogP contribution in [0.5, 0.6) is 5.75 Å². The molecular formula is C93H115ClF7N21O9S7. The van der Waals surface area contributed by atoms with Crippen molar-refractivity contribution in [2.75, 3.05) is 79.9 Å². The Bertz CT molecular complexity index is 7090. The van der Waals surface area contributed by atoms with Crippen molar-refractivity contribution in [2.24, 2.45) is 70.3 Å². The van der Waals surface area contributed by atoms with Crippen molar-refractivity contribution in [2.45, 2.75) is 135 Å². The minimum absolute atomic E-state index is 0.00531. The van der Waals surface area contributed by atoms with E-state index in [1.54, 1.807) is 100 Å². The number of nitrogens with two attached hydrogens (primary N) is 6. The Kier molecular flexibility index (Phi) is 31.8. The number of nitrogens with one attached hydrogen (secondary N) is 1. The number of para-hydroxylation sites is 2. The van der Waals surface area contributed by atoms with Crippen molar-refractivity contribution in [1.82, 2.24) is 25.8 Å². The average Bonchev–Trinajstić information content (AvgIpc) is 1.37. The zero-order chi connectivity index (χ0) is 103. The van der Waals surface area contributed by atoms with Crippen molar-refractivity contribution in [1.29, 1.82) is 10.5 Å². The molecule has 1 fully saturated rings. The van der Waals surface area contributed by atoms with Crippen LogP contribution in [0.15, 0.2) is 182 Å². The second-order valence-electron chi connectivity index (χ2n) is 35.1. The first kappa shape index (κ1) is 108. The monoisotopic (exact) mass is 2060 g/mol. The van der Waals surface area contributed by atoms with Crippen LogP contribution in [-0.2, 0) is 96.5 Å². The standard InChI is InChI=1S/C20H22N4OS.C18H21FN4O3S.C16H21F2N3OS.C15H21F2N3O2S.C13H17F2N3OS.C11H13ClN4OS2/c1-14-20(2,23-19(22)24(3)26(14,4)25)18-10-6-9-17(12-18)16-8-5-7-15(11-16)13-21;1-18(11-27(24,25)23(2)17(20)22-18)13-10-12(8-9-14(13)19)21-15-6-4-5-7-16(15)26-3;1-16(12-9-11(17)6-7-13(12)18)14(8-10-4-5-10)23(3,22)21(2)15(19)20-16;1-15(11-9-10(16)5-6-12(11)17)13(7-8-22-3)23(4,21)20(2)14(18)19-15;1-8-13(2,10-7-9(14)5-6-11(10)15)17-12(16)18(3)20(8,4)19;1-11(9-8(12)4-7(5-13)18-9)6-19(3,17)16(2)10(14)15-11/h5-12,14H,4H2,1-3H3,(H2,22,23);4-10,21H,11H2,1-3H3,(H2,20,22);6-7,9-10,14H,3-5,8H2,1-2H3,(H2,19,20);5-6,9,13H,4,7-8H2,1-3H3,(H2,18,19);5-8H,4H2,1-3H3,(H2,16,17);4H,3,6H2,1-2H3,(H2,14,15)/t14?,20-,26?;18-;14-,16-,23?;13-,15-,23?;8-,13+,20?;11-,19?/m001110/s1. The van der Waals surface area contributed by atoms with Gasteiger partial charge in [-0.1, -0.05) is 66.9 Å². The molecule has 0 amide bonds. The third kappa shape index (κ3) is 21.8. The van der Waals surface area contributed by atoms with Crippen LogP contribution < -0.4 is 44.5 Å². The predicted octanol–water partition coefficient (Wildman–Crippen LogP) is 11.7. The van der Waals surface area contributed by atoms with Crippen LogP contribution in [0.1, 0.15) is 124 Å². The molecule has 7 heterocycles. The molecule has 8 aromatic rings. The number of thiophene rings is 1. The molecule has 45 heteroatoms. The minimum Gasteiger partial charge on any atom is -0.495 e. The maximum atomic E-state index is 14.6. The van der Waals surface area contributed by atoms with E-state index in [4.69, 9.17) is 66.0 Å². The molecule has 7 aromatic carbocycles. The van der Waals surface area contributed by atoms with E-state index >= 15 is 0 Å². The van der Waals surface area contributed by atoms with Gasteiger partial charge in [0.1, 0.15) is 90.6 Å². The molecule has 7 aliphatic rings. The summed E-state index contributed by atoms with van der Waals surface area (Å²) in [5.74, 6) is 16.0. The number of nitriles is 2. The molecule has 15 rings (SSSR count).